The Morgan fingerprint density at radius 3 is 3.29 bits per heavy atom. The summed E-state index contributed by atoms with van der Waals surface area (Å²) < 4.78 is 2.40. The molecule has 0 aromatic carbocycles. The van der Waals surface area contributed by atoms with Crippen LogP contribution in [0.25, 0.3) is 0 Å². The lowest BCUT2D eigenvalue weighted by Crippen LogP contribution is -2.20. The predicted molar refractivity (Wildman–Crippen MR) is 57.3 cm³/mol. The van der Waals surface area contributed by atoms with Gasteiger partial charge in [0, 0.05) is 37.8 Å². The van der Waals surface area contributed by atoms with Crippen molar-refractivity contribution >= 4 is 0 Å². The van der Waals surface area contributed by atoms with Crippen LogP contribution in [-0.4, -0.2) is 23.1 Å². The maximum atomic E-state index is 4.50. The maximum absolute atomic E-state index is 4.50. The third-order valence-electron chi connectivity index (χ3n) is 3.03. The molecule has 0 fully saturated rings. The Morgan fingerprint density at radius 1 is 1.64 bits per heavy atom. The number of fused-ring (bicyclic) bond motifs is 1. The van der Waals surface area contributed by atoms with Crippen LogP contribution >= 0.6 is 0 Å². The van der Waals surface area contributed by atoms with E-state index in [9.17, 15) is 0 Å². The zero-order chi connectivity index (χ0) is 9.97. The van der Waals surface area contributed by atoms with Crippen LogP contribution in [0, 0.1) is 5.92 Å². The molecule has 2 rings (SSSR count). The summed E-state index contributed by atoms with van der Waals surface area (Å²) in [5.41, 5.74) is 1.39. The van der Waals surface area contributed by atoms with E-state index in [1.165, 1.54) is 17.9 Å². The average molecular weight is 193 g/mol. The van der Waals surface area contributed by atoms with Gasteiger partial charge in [0.25, 0.3) is 0 Å². The van der Waals surface area contributed by atoms with Crippen molar-refractivity contribution in [2.75, 3.05) is 13.6 Å². The molecule has 1 N–H and O–H groups in total. The predicted octanol–water partition coefficient (Wildman–Crippen LogP) is 1.23. The molecule has 1 atom stereocenters. The molecular formula is C11H19N3. The van der Waals surface area contributed by atoms with E-state index in [2.05, 4.69) is 21.8 Å². The molecule has 0 saturated carbocycles. The Bertz CT molecular complexity index is 303. The smallest absolute Gasteiger partial charge is 0.109 e. The fourth-order valence-electron chi connectivity index (χ4n) is 2.11. The fraction of sp³-hybridized carbons (Fsp3) is 0.727. The van der Waals surface area contributed by atoms with E-state index in [4.69, 9.17) is 0 Å². The van der Waals surface area contributed by atoms with Gasteiger partial charge in [-0.15, -0.1) is 0 Å². The molecule has 1 aromatic heterocycles. The molecular weight excluding hydrogens is 174 g/mol. The van der Waals surface area contributed by atoms with Crippen molar-refractivity contribution in [3.63, 3.8) is 0 Å². The second kappa shape index (κ2) is 4.13. The van der Waals surface area contributed by atoms with Gasteiger partial charge in [0.1, 0.15) is 5.82 Å². The summed E-state index contributed by atoms with van der Waals surface area (Å²) in [7, 11) is 2.00. The summed E-state index contributed by atoms with van der Waals surface area (Å²) in [6.07, 6.45) is 5.60. The Morgan fingerprint density at radius 2 is 2.50 bits per heavy atom. The van der Waals surface area contributed by atoms with E-state index in [1.54, 1.807) is 0 Å². The van der Waals surface area contributed by atoms with Gasteiger partial charge >= 0.3 is 0 Å². The number of nitrogens with zero attached hydrogens (tertiary/aromatic N) is 2. The largest absolute Gasteiger partial charge is 0.332 e. The number of hydrogen-bond acceptors (Lipinski definition) is 2. The molecule has 1 unspecified atom stereocenters. The average Bonchev–Trinajstić information content (AvgIpc) is 2.57. The first-order chi connectivity index (χ1) is 6.81. The van der Waals surface area contributed by atoms with Crippen molar-refractivity contribution < 1.29 is 0 Å². The highest BCUT2D eigenvalue weighted by Crippen LogP contribution is 2.20. The standard InChI is InChI=1S/C11H19N3/c1-9-4-6-14-10(3-5-12-2)8-13-11(14)7-9/h8-9,12H,3-7H2,1-2H3. The topological polar surface area (TPSA) is 29.9 Å². The monoisotopic (exact) mass is 193 g/mol. The van der Waals surface area contributed by atoms with Crippen LogP contribution in [-0.2, 0) is 19.4 Å². The zero-order valence-electron chi connectivity index (χ0n) is 9.08. The van der Waals surface area contributed by atoms with Crippen LogP contribution in [0.4, 0.5) is 0 Å². The quantitative estimate of drug-likeness (QED) is 0.782. The lowest BCUT2D eigenvalue weighted by molar-refractivity contribution is 0.402. The lowest BCUT2D eigenvalue weighted by atomic mass is 10.0. The number of imidazole rings is 1. The molecule has 1 aromatic rings. The number of rotatable bonds is 3. The fourth-order valence-corrected chi connectivity index (χ4v) is 2.11. The molecule has 0 radical (unpaired) electrons. The number of hydrogen-bond donors (Lipinski definition) is 1. The van der Waals surface area contributed by atoms with Gasteiger partial charge in [-0.2, -0.15) is 0 Å². The molecule has 0 aliphatic carbocycles. The number of likely N-dealkylation sites (N-methyl/N-ethyl adjacent to an activating group) is 1. The third-order valence-corrected chi connectivity index (χ3v) is 3.03. The van der Waals surface area contributed by atoms with Crippen LogP contribution in [0.1, 0.15) is 24.9 Å². The first kappa shape index (κ1) is 9.71. The van der Waals surface area contributed by atoms with E-state index < -0.39 is 0 Å². The van der Waals surface area contributed by atoms with Gasteiger partial charge in [-0.25, -0.2) is 4.98 Å². The molecule has 0 saturated heterocycles. The number of nitrogens with one attached hydrogen (secondary N) is 1. The van der Waals surface area contributed by atoms with Crippen molar-refractivity contribution in [3.8, 4) is 0 Å². The van der Waals surface area contributed by atoms with E-state index in [0.717, 1.165) is 31.8 Å². The van der Waals surface area contributed by atoms with Gasteiger partial charge < -0.3 is 9.88 Å². The van der Waals surface area contributed by atoms with Crippen LogP contribution in [0.5, 0.6) is 0 Å². The highest BCUT2D eigenvalue weighted by molar-refractivity contribution is 5.08. The van der Waals surface area contributed by atoms with Crippen LogP contribution in [0.3, 0.4) is 0 Å². The maximum Gasteiger partial charge on any atom is 0.109 e. The molecule has 1 aliphatic rings. The van der Waals surface area contributed by atoms with Gasteiger partial charge in [-0.3, -0.25) is 0 Å². The van der Waals surface area contributed by atoms with Crippen LogP contribution in [0.2, 0.25) is 0 Å². The molecule has 2 heterocycles. The van der Waals surface area contributed by atoms with Crippen LogP contribution < -0.4 is 5.32 Å². The van der Waals surface area contributed by atoms with E-state index in [0.29, 0.717) is 0 Å². The summed E-state index contributed by atoms with van der Waals surface area (Å²) in [5, 5.41) is 3.18. The molecule has 78 valence electrons. The highest BCUT2D eigenvalue weighted by Gasteiger charge is 2.17. The summed E-state index contributed by atoms with van der Waals surface area (Å²) in [5.74, 6) is 2.09. The van der Waals surface area contributed by atoms with Crippen molar-refractivity contribution in [1.29, 1.82) is 0 Å². The Labute approximate surface area is 85.5 Å². The van der Waals surface area contributed by atoms with E-state index >= 15 is 0 Å². The number of aromatic nitrogens is 2. The molecule has 0 amide bonds. The van der Waals surface area contributed by atoms with Gasteiger partial charge in [-0.1, -0.05) is 6.92 Å². The Balaban J connectivity index is 2.12. The van der Waals surface area contributed by atoms with Crippen LogP contribution in [0.15, 0.2) is 6.20 Å². The van der Waals surface area contributed by atoms with E-state index in [-0.39, 0.29) is 0 Å². The van der Waals surface area contributed by atoms with Crippen molar-refractivity contribution in [1.82, 2.24) is 14.9 Å². The van der Waals surface area contributed by atoms with Gasteiger partial charge in [-0.05, 0) is 19.4 Å². The molecule has 14 heavy (non-hydrogen) atoms. The zero-order valence-corrected chi connectivity index (χ0v) is 9.08. The second-order valence-electron chi connectivity index (χ2n) is 4.27. The Hall–Kier alpha value is -0.830. The van der Waals surface area contributed by atoms with Crippen molar-refractivity contribution in [2.24, 2.45) is 5.92 Å². The minimum atomic E-state index is 0.807. The second-order valence-corrected chi connectivity index (χ2v) is 4.27. The molecule has 3 nitrogen and oxygen atoms in total. The summed E-state index contributed by atoms with van der Waals surface area (Å²) in [6, 6.07) is 0. The van der Waals surface area contributed by atoms with Crippen molar-refractivity contribution in [3.05, 3.63) is 17.7 Å². The lowest BCUT2D eigenvalue weighted by Gasteiger charge is -2.21. The summed E-state index contributed by atoms with van der Waals surface area (Å²) >= 11 is 0. The SMILES string of the molecule is CNCCc1cnc2n1CCC(C)C2. The normalized spacial score (nSPS) is 20.9. The first-order valence-electron chi connectivity index (χ1n) is 5.49. The van der Waals surface area contributed by atoms with E-state index in [1.807, 2.05) is 13.2 Å². The molecule has 1 aliphatic heterocycles. The van der Waals surface area contributed by atoms with Gasteiger partial charge in [0.05, 0.1) is 0 Å². The minimum Gasteiger partial charge on any atom is -0.332 e. The van der Waals surface area contributed by atoms with Gasteiger partial charge in [0.15, 0.2) is 0 Å². The Kier molecular flexibility index (Phi) is 2.87. The molecule has 0 bridgehead atoms. The van der Waals surface area contributed by atoms with Crippen molar-refractivity contribution in [2.45, 2.75) is 32.7 Å². The molecule has 3 heteroatoms. The summed E-state index contributed by atoms with van der Waals surface area (Å²) in [6.45, 7) is 4.52. The van der Waals surface area contributed by atoms with Gasteiger partial charge in [0.2, 0.25) is 0 Å². The third kappa shape index (κ3) is 1.82. The molecule has 0 spiro atoms. The minimum absolute atomic E-state index is 0.807. The summed E-state index contributed by atoms with van der Waals surface area (Å²) in [4.78, 5) is 4.50. The first-order valence-corrected chi connectivity index (χ1v) is 5.49. The highest BCUT2D eigenvalue weighted by atomic mass is 15.1.